The molecule has 0 saturated carbocycles. The van der Waals surface area contributed by atoms with Crippen molar-refractivity contribution in [2.24, 2.45) is 0 Å². The van der Waals surface area contributed by atoms with Gasteiger partial charge in [-0.2, -0.15) is 0 Å². The molecule has 1 saturated heterocycles. The molecule has 3 aromatic carbocycles. The lowest BCUT2D eigenvalue weighted by Gasteiger charge is -2.25. The van der Waals surface area contributed by atoms with E-state index in [9.17, 15) is 9.59 Å². The number of benzene rings is 3. The number of thiocarbonyl (C=S) groups is 1. The van der Waals surface area contributed by atoms with Crippen molar-refractivity contribution in [2.75, 3.05) is 11.4 Å². The first-order valence-electron chi connectivity index (χ1n) is 14.5. The predicted molar refractivity (Wildman–Crippen MR) is 185 cm³/mol. The summed E-state index contributed by atoms with van der Waals surface area (Å²) in [5.74, 6) is -0.147. The van der Waals surface area contributed by atoms with E-state index < -0.39 is 0 Å². The van der Waals surface area contributed by atoms with Crippen molar-refractivity contribution in [1.29, 1.82) is 0 Å². The SMILES string of the molecule is CCN1/C(=C/C=c2/sc(=C3SC(=S)N(Cc4ccccc4)C3=O)n(CC)c2=O)C(C)(C)c2cc(-c3ccccc3)ccc21. The van der Waals surface area contributed by atoms with Crippen molar-refractivity contribution in [3.63, 3.8) is 0 Å². The van der Waals surface area contributed by atoms with E-state index in [4.69, 9.17) is 12.2 Å². The minimum atomic E-state index is -0.257. The number of anilines is 1. The first-order chi connectivity index (χ1) is 20.7. The quantitative estimate of drug-likeness (QED) is 0.238. The van der Waals surface area contributed by atoms with Gasteiger partial charge in [0, 0.05) is 29.9 Å². The number of hydrogen-bond acceptors (Lipinski definition) is 6. The molecule has 3 heterocycles. The third kappa shape index (κ3) is 5.22. The van der Waals surface area contributed by atoms with E-state index in [0.29, 0.717) is 31.5 Å². The highest BCUT2D eigenvalue weighted by Gasteiger charge is 2.39. The first-order valence-corrected chi connectivity index (χ1v) is 16.5. The second-order valence-electron chi connectivity index (χ2n) is 11.1. The van der Waals surface area contributed by atoms with Crippen LogP contribution in [0.3, 0.4) is 0 Å². The summed E-state index contributed by atoms with van der Waals surface area (Å²) >= 11 is 8.25. The molecule has 0 unspecified atom stereocenters. The molecule has 5 nitrogen and oxygen atoms in total. The molecule has 8 heteroatoms. The number of amides is 1. The molecule has 0 radical (unpaired) electrons. The fourth-order valence-electron chi connectivity index (χ4n) is 5.90. The highest BCUT2D eigenvalue weighted by Crippen LogP contribution is 2.48. The highest BCUT2D eigenvalue weighted by atomic mass is 32.2. The molecule has 43 heavy (non-hydrogen) atoms. The molecule has 1 amide bonds. The van der Waals surface area contributed by atoms with Gasteiger partial charge in [-0.15, -0.1) is 11.3 Å². The van der Waals surface area contributed by atoms with E-state index in [-0.39, 0.29) is 16.9 Å². The number of aromatic nitrogens is 1. The average molecular weight is 624 g/mol. The van der Waals surface area contributed by atoms with Crippen molar-refractivity contribution >= 4 is 62.2 Å². The Balaban J connectivity index is 1.40. The number of fused-ring (bicyclic) bond motifs is 1. The van der Waals surface area contributed by atoms with Crippen LogP contribution < -0.4 is 19.7 Å². The van der Waals surface area contributed by atoms with Gasteiger partial charge in [0.25, 0.3) is 11.5 Å². The van der Waals surface area contributed by atoms with Gasteiger partial charge in [0.1, 0.15) is 13.9 Å². The Morgan fingerprint density at radius 2 is 1.53 bits per heavy atom. The van der Waals surface area contributed by atoms with Gasteiger partial charge in [0.15, 0.2) is 0 Å². The lowest BCUT2D eigenvalue weighted by molar-refractivity contribution is -0.121. The van der Waals surface area contributed by atoms with Gasteiger partial charge in [-0.3, -0.25) is 19.1 Å². The smallest absolute Gasteiger partial charge is 0.269 e. The van der Waals surface area contributed by atoms with Crippen molar-refractivity contribution in [1.82, 2.24) is 9.47 Å². The monoisotopic (exact) mass is 623 g/mol. The van der Waals surface area contributed by atoms with Gasteiger partial charge in [-0.05, 0) is 60.4 Å². The number of likely N-dealkylation sites (N-methyl/N-ethyl adjacent to an activating group) is 1. The highest BCUT2D eigenvalue weighted by molar-refractivity contribution is 8.30. The standard InChI is InChI=1S/C35H33N3O2S3/c1-5-36-27-18-17-25(24-15-11-8-12-16-24)21-26(27)35(3,4)29(36)20-19-28-31(39)37(6-2)33(42-28)30-32(40)38(34(41)43-30)22-23-13-9-7-10-14-23/h7-21H,5-6,22H2,1-4H3/b28-19+,29-20+,33-30?. The van der Waals surface area contributed by atoms with Gasteiger partial charge in [-0.25, -0.2) is 0 Å². The second-order valence-corrected chi connectivity index (χ2v) is 13.8. The normalized spacial score (nSPS) is 18.7. The summed E-state index contributed by atoms with van der Waals surface area (Å²) in [6.07, 6.45) is 4.01. The molecule has 4 aromatic rings. The van der Waals surface area contributed by atoms with Crippen LogP contribution in [0.15, 0.2) is 95.4 Å². The molecule has 0 atom stereocenters. The summed E-state index contributed by atoms with van der Waals surface area (Å²) in [7, 11) is 0. The zero-order valence-corrected chi connectivity index (χ0v) is 27.1. The number of allylic oxidation sites excluding steroid dienone is 2. The van der Waals surface area contributed by atoms with Crippen LogP contribution in [0.4, 0.5) is 5.69 Å². The van der Waals surface area contributed by atoms with E-state index in [2.05, 4.69) is 74.2 Å². The van der Waals surface area contributed by atoms with Crippen LogP contribution in [-0.2, 0) is 23.3 Å². The maximum atomic E-state index is 13.6. The van der Waals surface area contributed by atoms with Crippen molar-refractivity contribution in [2.45, 2.75) is 46.2 Å². The molecule has 1 aromatic heterocycles. The van der Waals surface area contributed by atoms with Crippen LogP contribution in [0.25, 0.3) is 22.1 Å². The van der Waals surface area contributed by atoms with Gasteiger partial charge in [-0.1, -0.05) is 105 Å². The van der Waals surface area contributed by atoms with Crippen LogP contribution in [0, 0.1) is 0 Å². The molecule has 2 aliphatic rings. The maximum absolute atomic E-state index is 13.6. The topological polar surface area (TPSA) is 45.5 Å². The number of rotatable bonds is 6. The summed E-state index contributed by atoms with van der Waals surface area (Å²) in [5, 5.41) is 0. The average Bonchev–Trinajstić information content (AvgIpc) is 3.57. The summed E-state index contributed by atoms with van der Waals surface area (Å²) < 4.78 is 3.48. The Hall–Kier alpha value is -3.72. The second kappa shape index (κ2) is 11.8. The zero-order chi connectivity index (χ0) is 30.3. The first kappa shape index (κ1) is 29.4. The maximum Gasteiger partial charge on any atom is 0.269 e. The third-order valence-corrected chi connectivity index (χ3v) is 10.9. The fourth-order valence-corrected chi connectivity index (χ4v) is 8.42. The summed E-state index contributed by atoms with van der Waals surface area (Å²) in [6, 6.07) is 26.9. The van der Waals surface area contributed by atoms with Crippen molar-refractivity contribution in [3.05, 3.63) is 121 Å². The third-order valence-electron chi connectivity index (χ3n) is 8.16. The van der Waals surface area contributed by atoms with Gasteiger partial charge in [0.05, 0.1) is 11.1 Å². The van der Waals surface area contributed by atoms with E-state index in [1.54, 1.807) is 9.47 Å². The van der Waals surface area contributed by atoms with Gasteiger partial charge >= 0.3 is 0 Å². The minimum Gasteiger partial charge on any atom is -0.344 e. The predicted octanol–water partition coefficient (Wildman–Crippen LogP) is 6.25. The fraction of sp³-hybridized carbons (Fsp3) is 0.229. The molecular formula is C35H33N3O2S3. The van der Waals surface area contributed by atoms with Crippen LogP contribution >= 0.6 is 35.3 Å². The number of thiazole rings is 1. The Labute approximate surface area is 265 Å². The van der Waals surface area contributed by atoms with Crippen molar-refractivity contribution < 1.29 is 4.79 Å². The minimum absolute atomic E-state index is 0.0876. The molecular weight excluding hydrogens is 591 g/mol. The molecule has 0 N–H and O–H groups in total. The summed E-state index contributed by atoms with van der Waals surface area (Å²) in [5.41, 5.74) is 6.65. The molecule has 0 spiro atoms. The Morgan fingerprint density at radius 3 is 2.21 bits per heavy atom. The van der Waals surface area contributed by atoms with Crippen LogP contribution in [-0.4, -0.2) is 26.2 Å². The zero-order valence-electron chi connectivity index (χ0n) is 24.7. The number of thioether (sulfide) groups is 1. The van der Waals surface area contributed by atoms with E-state index in [1.165, 1.54) is 45.5 Å². The van der Waals surface area contributed by atoms with Crippen LogP contribution in [0.5, 0.6) is 0 Å². The van der Waals surface area contributed by atoms with Crippen molar-refractivity contribution in [3.8, 4) is 11.1 Å². The van der Waals surface area contributed by atoms with Gasteiger partial charge < -0.3 is 4.90 Å². The van der Waals surface area contributed by atoms with E-state index in [0.717, 1.165) is 17.8 Å². The Kier molecular flexibility index (Phi) is 8.02. The lowest BCUT2D eigenvalue weighted by Crippen LogP contribution is -2.33. The molecule has 218 valence electrons. The largest absolute Gasteiger partial charge is 0.344 e. The number of nitrogens with zero attached hydrogens (tertiary/aromatic N) is 3. The van der Waals surface area contributed by atoms with Gasteiger partial charge in [0.2, 0.25) is 0 Å². The number of carbonyl (C=O) groups excluding carboxylic acids is 1. The summed E-state index contributed by atoms with van der Waals surface area (Å²) in [6.45, 7) is 10.3. The summed E-state index contributed by atoms with van der Waals surface area (Å²) in [4.78, 5) is 31.6. The molecule has 0 aliphatic carbocycles. The van der Waals surface area contributed by atoms with Crippen LogP contribution in [0.1, 0.15) is 38.8 Å². The number of hydrogen-bond donors (Lipinski definition) is 0. The molecule has 1 fully saturated rings. The van der Waals surface area contributed by atoms with E-state index in [1.807, 2.05) is 49.4 Å². The number of carbonyl (C=O) groups is 1. The molecule has 2 aliphatic heterocycles. The Bertz CT molecular complexity index is 1940. The molecule has 6 rings (SSSR count). The molecule has 0 bridgehead atoms. The Morgan fingerprint density at radius 1 is 0.837 bits per heavy atom. The lowest BCUT2D eigenvalue weighted by atomic mass is 9.82. The van der Waals surface area contributed by atoms with Crippen LogP contribution in [0.2, 0.25) is 0 Å². The van der Waals surface area contributed by atoms with E-state index >= 15 is 0 Å².